The molecule has 0 unspecified atom stereocenters. The maximum absolute atomic E-state index is 10.4. The van der Waals surface area contributed by atoms with Crippen molar-refractivity contribution in [2.24, 2.45) is 5.92 Å². The van der Waals surface area contributed by atoms with Crippen LogP contribution in [0.5, 0.6) is 0 Å². The van der Waals surface area contributed by atoms with Crippen molar-refractivity contribution >= 4 is 5.97 Å². The molecule has 0 aromatic rings. The Hall–Kier alpha value is -0.610. The summed E-state index contributed by atoms with van der Waals surface area (Å²) in [6, 6.07) is 0. The molecular formula is C6H10O4. The fourth-order valence-electron chi connectivity index (χ4n) is 1.04. The maximum atomic E-state index is 10.4. The van der Waals surface area contributed by atoms with E-state index >= 15 is 0 Å². The SMILES string of the molecule is CO[C@@H]1OCC[C@@H]1C(=O)O. The first-order valence-corrected chi connectivity index (χ1v) is 3.13. The van der Waals surface area contributed by atoms with E-state index in [1.165, 1.54) is 7.11 Å². The summed E-state index contributed by atoms with van der Waals surface area (Å²) in [7, 11) is 1.45. The molecule has 4 heteroatoms. The summed E-state index contributed by atoms with van der Waals surface area (Å²) in [4.78, 5) is 10.4. The van der Waals surface area contributed by atoms with Crippen LogP contribution >= 0.6 is 0 Å². The minimum absolute atomic E-state index is 0.481. The van der Waals surface area contributed by atoms with Gasteiger partial charge in [0.2, 0.25) is 0 Å². The molecule has 1 rings (SSSR count). The van der Waals surface area contributed by atoms with Gasteiger partial charge in [0.1, 0.15) is 5.92 Å². The molecule has 0 spiro atoms. The molecule has 0 saturated carbocycles. The Morgan fingerprint density at radius 1 is 1.80 bits per heavy atom. The number of methoxy groups -OCH3 is 1. The van der Waals surface area contributed by atoms with Crippen LogP contribution in [0.1, 0.15) is 6.42 Å². The monoisotopic (exact) mass is 146 g/mol. The predicted molar refractivity (Wildman–Crippen MR) is 32.5 cm³/mol. The van der Waals surface area contributed by atoms with Gasteiger partial charge in [0, 0.05) is 7.11 Å². The summed E-state index contributed by atoms with van der Waals surface area (Å²) in [6.07, 6.45) is 0.00546. The Morgan fingerprint density at radius 2 is 2.50 bits per heavy atom. The zero-order valence-corrected chi connectivity index (χ0v) is 5.74. The Morgan fingerprint density at radius 3 is 2.90 bits per heavy atom. The van der Waals surface area contributed by atoms with Crippen LogP contribution in [0.4, 0.5) is 0 Å². The van der Waals surface area contributed by atoms with Gasteiger partial charge in [-0.15, -0.1) is 0 Å². The molecule has 58 valence electrons. The van der Waals surface area contributed by atoms with Crippen LogP contribution in [-0.4, -0.2) is 31.1 Å². The van der Waals surface area contributed by atoms with Crippen molar-refractivity contribution in [3.63, 3.8) is 0 Å². The molecule has 1 saturated heterocycles. The quantitative estimate of drug-likeness (QED) is 0.599. The Kier molecular flexibility index (Phi) is 2.24. The van der Waals surface area contributed by atoms with Crippen LogP contribution in [-0.2, 0) is 14.3 Å². The average Bonchev–Trinajstić information content (AvgIpc) is 2.33. The first-order chi connectivity index (χ1) is 4.75. The highest BCUT2D eigenvalue weighted by molar-refractivity contribution is 5.70. The van der Waals surface area contributed by atoms with Crippen molar-refractivity contribution in [1.82, 2.24) is 0 Å². The minimum atomic E-state index is -0.843. The van der Waals surface area contributed by atoms with Gasteiger partial charge in [-0.1, -0.05) is 0 Å². The first kappa shape index (κ1) is 7.50. The summed E-state index contributed by atoms with van der Waals surface area (Å²) >= 11 is 0. The van der Waals surface area contributed by atoms with Crippen molar-refractivity contribution < 1.29 is 19.4 Å². The van der Waals surface area contributed by atoms with E-state index in [0.717, 1.165) is 0 Å². The van der Waals surface area contributed by atoms with Gasteiger partial charge in [-0.05, 0) is 6.42 Å². The zero-order chi connectivity index (χ0) is 7.56. The molecule has 0 aromatic carbocycles. The number of carbonyl (C=O) groups is 1. The number of carboxylic acid groups (broad SMARTS) is 1. The molecule has 4 nitrogen and oxygen atoms in total. The van der Waals surface area contributed by atoms with Crippen molar-refractivity contribution in [2.75, 3.05) is 13.7 Å². The van der Waals surface area contributed by atoms with Crippen LogP contribution in [0.2, 0.25) is 0 Å². The smallest absolute Gasteiger partial charge is 0.311 e. The highest BCUT2D eigenvalue weighted by Crippen LogP contribution is 2.20. The lowest BCUT2D eigenvalue weighted by Gasteiger charge is -2.11. The van der Waals surface area contributed by atoms with E-state index in [4.69, 9.17) is 14.6 Å². The van der Waals surface area contributed by atoms with Gasteiger partial charge in [-0.25, -0.2) is 0 Å². The summed E-state index contributed by atoms with van der Waals surface area (Å²) < 4.78 is 9.75. The molecule has 0 radical (unpaired) electrons. The van der Waals surface area contributed by atoms with Crippen molar-refractivity contribution in [3.8, 4) is 0 Å². The van der Waals surface area contributed by atoms with Crippen molar-refractivity contribution in [2.45, 2.75) is 12.7 Å². The molecule has 1 aliphatic rings. The maximum Gasteiger partial charge on any atom is 0.311 e. The molecule has 1 N–H and O–H groups in total. The number of aliphatic carboxylic acids is 1. The van der Waals surface area contributed by atoms with Gasteiger partial charge < -0.3 is 14.6 Å². The molecule has 2 atom stereocenters. The van der Waals surface area contributed by atoms with E-state index in [-0.39, 0.29) is 0 Å². The Bertz CT molecular complexity index is 134. The third kappa shape index (κ3) is 1.27. The van der Waals surface area contributed by atoms with Gasteiger partial charge in [0.15, 0.2) is 6.29 Å². The van der Waals surface area contributed by atoms with Gasteiger partial charge in [0.25, 0.3) is 0 Å². The highest BCUT2D eigenvalue weighted by atomic mass is 16.7. The standard InChI is InChI=1S/C6H10O4/c1-9-6-4(5(7)8)2-3-10-6/h4,6H,2-3H2,1H3,(H,7,8)/t4-,6-/m1/s1. The number of carboxylic acids is 1. The molecule has 0 aromatic heterocycles. The van der Waals surface area contributed by atoms with Crippen LogP contribution < -0.4 is 0 Å². The fourth-order valence-corrected chi connectivity index (χ4v) is 1.04. The summed E-state index contributed by atoms with van der Waals surface area (Å²) in [6.45, 7) is 0.482. The van der Waals surface area contributed by atoms with Crippen molar-refractivity contribution in [1.29, 1.82) is 0 Å². The van der Waals surface area contributed by atoms with E-state index in [2.05, 4.69) is 0 Å². The van der Waals surface area contributed by atoms with E-state index in [9.17, 15) is 4.79 Å². The molecule has 1 fully saturated rings. The minimum Gasteiger partial charge on any atom is -0.481 e. The van der Waals surface area contributed by atoms with Crippen LogP contribution in [0.25, 0.3) is 0 Å². The predicted octanol–water partition coefficient (Wildman–Crippen LogP) is 0.0800. The second-order valence-electron chi connectivity index (χ2n) is 2.21. The molecule has 10 heavy (non-hydrogen) atoms. The lowest BCUT2D eigenvalue weighted by Crippen LogP contribution is -2.25. The molecular weight excluding hydrogens is 136 g/mol. The zero-order valence-electron chi connectivity index (χ0n) is 5.74. The molecule has 1 heterocycles. The second-order valence-corrected chi connectivity index (χ2v) is 2.21. The number of ether oxygens (including phenoxy) is 2. The number of rotatable bonds is 2. The van der Waals surface area contributed by atoms with Gasteiger partial charge in [0.05, 0.1) is 6.61 Å². The molecule has 1 aliphatic heterocycles. The van der Waals surface area contributed by atoms with Crippen LogP contribution in [0, 0.1) is 5.92 Å². The first-order valence-electron chi connectivity index (χ1n) is 3.13. The van der Waals surface area contributed by atoms with E-state index in [1.54, 1.807) is 0 Å². The van der Waals surface area contributed by atoms with Gasteiger partial charge in [-0.2, -0.15) is 0 Å². The van der Waals surface area contributed by atoms with Crippen LogP contribution in [0.15, 0.2) is 0 Å². The van der Waals surface area contributed by atoms with Crippen LogP contribution in [0.3, 0.4) is 0 Å². The Balaban J connectivity index is 2.50. The van der Waals surface area contributed by atoms with Gasteiger partial charge >= 0.3 is 5.97 Å². The summed E-state index contributed by atoms with van der Waals surface area (Å²) in [5.41, 5.74) is 0. The normalized spacial score (nSPS) is 32.5. The molecule has 0 bridgehead atoms. The van der Waals surface area contributed by atoms with E-state index in [1.807, 2.05) is 0 Å². The largest absolute Gasteiger partial charge is 0.481 e. The molecule has 0 amide bonds. The van der Waals surface area contributed by atoms with E-state index < -0.39 is 18.2 Å². The topological polar surface area (TPSA) is 55.8 Å². The van der Waals surface area contributed by atoms with Crippen molar-refractivity contribution in [3.05, 3.63) is 0 Å². The van der Waals surface area contributed by atoms with Gasteiger partial charge in [-0.3, -0.25) is 4.79 Å². The summed E-state index contributed by atoms with van der Waals surface area (Å²) in [5, 5.41) is 8.55. The second kappa shape index (κ2) is 2.98. The third-order valence-corrected chi connectivity index (χ3v) is 1.59. The van der Waals surface area contributed by atoms with E-state index in [0.29, 0.717) is 13.0 Å². The summed E-state index contributed by atoms with van der Waals surface area (Å²) in [5.74, 6) is -1.32. The number of hydrogen-bond acceptors (Lipinski definition) is 3. The third-order valence-electron chi connectivity index (χ3n) is 1.59. The lowest BCUT2D eigenvalue weighted by molar-refractivity contribution is -0.158. The fraction of sp³-hybridized carbons (Fsp3) is 0.833. The highest BCUT2D eigenvalue weighted by Gasteiger charge is 2.33. The molecule has 0 aliphatic carbocycles. The Labute approximate surface area is 58.7 Å². The lowest BCUT2D eigenvalue weighted by atomic mass is 10.1. The average molecular weight is 146 g/mol. The number of hydrogen-bond donors (Lipinski definition) is 1.